The fraction of sp³-hybridized carbons (Fsp3) is 0.250. The van der Waals surface area contributed by atoms with Crippen LogP contribution < -0.4 is 15.6 Å². The predicted octanol–water partition coefficient (Wildman–Crippen LogP) is 2.44. The molecule has 0 aliphatic rings. The molecule has 0 radical (unpaired) electrons. The number of para-hydroxylation sites is 3. The molecule has 0 spiro atoms. The number of carbonyl (C=O) groups excluding carboxylic acids is 1. The molecule has 134 valence electrons. The normalized spacial score (nSPS) is 10.7. The Labute approximate surface area is 151 Å². The third-order valence-electron chi connectivity index (χ3n) is 4.16. The maximum absolute atomic E-state index is 12.4. The van der Waals surface area contributed by atoms with E-state index < -0.39 is 11.5 Å². The van der Waals surface area contributed by atoms with Crippen molar-refractivity contribution >= 4 is 16.9 Å². The maximum atomic E-state index is 12.4. The molecule has 3 rings (SSSR count). The number of aromatic nitrogens is 2. The summed E-state index contributed by atoms with van der Waals surface area (Å²) in [6.45, 7) is 2.87. The maximum Gasteiger partial charge on any atom is 0.282 e. The molecule has 1 heterocycles. The van der Waals surface area contributed by atoms with Crippen molar-refractivity contribution in [2.24, 2.45) is 7.05 Å². The SMILES string of the molecule is Cc1ccccc1OCCCNC(=O)c1nc2ccccc2n(C)c1=O. The molecule has 6 heteroatoms. The molecule has 0 saturated carbocycles. The molecule has 26 heavy (non-hydrogen) atoms. The molecule has 0 aliphatic carbocycles. The van der Waals surface area contributed by atoms with Crippen molar-refractivity contribution in [1.29, 1.82) is 0 Å². The van der Waals surface area contributed by atoms with Crippen molar-refractivity contribution in [3.63, 3.8) is 0 Å². The molecule has 0 aliphatic heterocycles. The quantitative estimate of drug-likeness (QED) is 0.692. The average Bonchev–Trinajstić information content (AvgIpc) is 2.65. The van der Waals surface area contributed by atoms with Gasteiger partial charge in [-0.25, -0.2) is 4.98 Å². The number of amides is 1. The van der Waals surface area contributed by atoms with E-state index in [9.17, 15) is 9.59 Å². The van der Waals surface area contributed by atoms with Crippen molar-refractivity contribution in [1.82, 2.24) is 14.9 Å². The van der Waals surface area contributed by atoms with Crippen molar-refractivity contribution in [2.45, 2.75) is 13.3 Å². The van der Waals surface area contributed by atoms with Gasteiger partial charge in [-0.3, -0.25) is 9.59 Å². The largest absolute Gasteiger partial charge is 0.493 e. The third kappa shape index (κ3) is 3.74. The first-order chi connectivity index (χ1) is 12.6. The van der Waals surface area contributed by atoms with Crippen LogP contribution in [0.1, 0.15) is 22.5 Å². The Morgan fingerprint density at radius 2 is 1.88 bits per heavy atom. The van der Waals surface area contributed by atoms with E-state index in [1.165, 1.54) is 4.57 Å². The summed E-state index contributed by atoms with van der Waals surface area (Å²) < 4.78 is 7.14. The van der Waals surface area contributed by atoms with Gasteiger partial charge in [0.1, 0.15) is 5.75 Å². The zero-order chi connectivity index (χ0) is 18.5. The summed E-state index contributed by atoms with van der Waals surface area (Å²) in [7, 11) is 1.64. The Balaban J connectivity index is 1.59. The van der Waals surface area contributed by atoms with E-state index in [1.54, 1.807) is 19.2 Å². The van der Waals surface area contributed by atoms with E-state index in [0.717, 1.165) is 11.3 Å². The van der Waals surface area contributed by atoms with Crippen molar-refractivity contribution in [3.05, 3.63) is 70.1 Å². The van der Waals surface area contributed by atoms with Crippen LogP contribution in [0.3, 0.4) is 0 Å². The Kier molecular flexibility index (Phi) is 5.31. The molecule has 1 amide bonds. The van der Waals surface area contributed by atoms with Crippen LogP contribution in [0.5, 0.6) is 5.75 Å². The molecule has 0 atom stereocenters. The summed E-state index contributed by atoms with van der Waals surface area (Å²) in [5, 5.41) is 2.74. The van der Waals surface area contributed by atoms with E-state index in [-0.39, 0.29) is 5.69 Å². The van der Waals surface area contributed by atoms with E-state index in [1.807, 2.05) is 43.3 Å². The molecule has 6 nitrogen and oxygen atoms in total. The number of rotatable bonds is 6. The Morgan fingerprint density at radius 3 is 2.69 bits per heavy atom. The lowest BCUT2D eigenvalue weighted by molar-refractivity contribution is 0.0944. The van der Waals surface area contributed by atoms with Gasteiger partial charge in [-0.05, 0) is 37.1 Å². The van der Waals surface area contributed by atoms with Crippen LogP contribution in [0.2, 0.25) is 0 Å². The highest BCUT2D eigenvalue weighted by atomic mass is 16.5. The molecular formula is C20H21N3O3. The monoisotopic (exact) mass is 351 g/mol. The zero-order valence-electron chi connectivity index (χ0n) is 14.9. The van der Waals surface area contributed by atoms with E-state index in [4.69, 9.17) is 4.74 Å². The van der Waals surface area contributed by atoms with Crippen molar-refractivity contribution in [2.75, 3.05) is 13.2 Å². The van der Waals surface area contributed by atoms with Gasteiger partial charge < -0.3 is 14.6 Å². The highest BCUT2D eigenvalue weighted by Crippen LogP contribution is 2.16. The number of fused-ring (bicyclic) bond motifs is 1. The number of aryl methyl sites for hydroxylation is 2. The second-order valence-corrected chi connectivity index (χ2v) is 6.04. The first-order valence-electron chi connectivity index (χ1n) is 8.50. The second kappa shape index (κ2) is 7.82. The summed E-state index contributed by atoms with van der Waals surface area (Å²) >= 11 is 0. The second-order valence-electron chi connectivity index (χ2n) is 6.04. The topological polar surface area (TPSA) is 73.2 Å². The van der Waals surface area contributed by atoms with Gasteiger partial charge >= 0.3 is 0 Å². The number of nitrogens with one attached hydrogen (secondary N) is 1. The summed E-state index contributed by atoms with van der Waals surface area (Å²) in [5.41, 5.74) is 1.88. The van der Waals surface area contributed by atoms with Gasteiger partial charge in [-0.2, -0.15) is 0 Å². The minimum absolute atomic E-state index is 0.0916. The average molecular weight is 351 g/mol. The highest BCUT2D eigenvalue weighted by molar-refractivity contribution is 5.93. The van der Waals surface area contributed by atoms with Gasteiger partial charge in [0.05, 0.1) is 17.6 Å². The lowest BCUT2D eigenvalue weighted by atomic mass is 10.2. The van der Waals surface area contributed by atoms with Gasteiger partial charge in [0, 0.05) is 13.6 Å². The van der Waals surface area contributed by atoms with E-state index in [2.05, 4.69) is 10.3 Å². The minimum Gasteiger partial charge on any atom is -0.493 e. The number of benzene rings is 2. The predicted molar refractivity (Wildman–Crippen MR) is 101 cm³/mol. The summed E-state index contributed by atoms with van der Waals surface area (Å²) in [5.74, 6) is 0.371. The van der Waals surface area contributed by atoms with Gasteiger partial charge in [0.25, 0.3) is 11.5 Å². The van der Waals surface area contributed by atoms with E-state index >= 15 is 0 Å². The highest BCUT2D eigenvalue weighted by Gasteiger charge is 2.15. The minimum atomic E-state index is -0.466. The number of carbonyl (C=O) groups is 1. The first kappa shape index (κ1) is 17.7. The fourth-order valence-corrected chi connectivity index (χ4v) is 2.69. The number of hydrogen-bond acceptors (Lipinski definition) is 4. The molecule has 0 fully saturated rings. The summed E-state index contributed by atoms with van der Waals surface area (Å²) in [6.07, 6.45) is 0.633. The fourth-order valence-electron chi connectivity index (χ4n) is 2.69. The van der Waals surface area contributed by atoms with Gasteiger partial charge in [-0.15, -0.1) is 0 Å². The van der Waals surface area contributed by atoms with Crippen LogP contribution >= 0.6 is 0 Å². The summed E-state index contributed by atoms with van der Waals surface area (Å²) in [4.78, 5) is 28.9. The lowest BCUT2D eigenvalue weighted by Crippen LogP contribution is -2.34. The Morgan fingerprint density at radius 1 is 1.15 bits per heavy atom. The van der Waals surface area contributed by atoms with Gasteiger partial charge in [-0.1, -0.05) is 30.3 Å². The molecule has 1 N–H and O–H groups in total. The molecular weight excluding hydrogens is 330 g/mol. The molecule has 0 bridgehead atoms. The number of nitrogens with zero attached hydrogens (tertiary/aromatic N) is 2. The molecule has 3 aromatic rings. The van der Waals surface area contributed by atoms with Crippen LogP contribution in [0.15, 0.2) is 53.3 Å². The third-order valence-corrected chi connectivity index (χ3v) is 4.16. The first-order valence-corrected chi connectivity index (χ1v) is 8.50. The Bertz CT molecular complexity index is 995. The van der Waals surface area contributed by atoms with Crippen LogP contribution in [-0.2, 0) is 7.05 Å². The van der Waals surface area contributed by atoms with Crippen LogP contribution in [0.25, 0.3) is 11.0 Å². The number of hydrogen-bond donors (Lipinski definition) is 1. The van der Waals surface area contributed by atoms with Crippen LogP contribution in [-0.4, -0.2) is 28.6 Å². The van der Waals surface area contributed by atoms with Crippen molar-refractivity contribution in [3.8, 4) is 5.75 Å². The zero-order valence-corrected chi connectivity index (χ0v) is 14.9. The smallest absolute Gasteiger partial charge is 0.282 e. The number of ether oxygens (including phenoxy) is 1. The molecule has 1 aromatic heterocycles. The van der Waals surface area contributed by atoms with Crippen LogP contribution in [0, 0.1) is 6.92 Å². The Hall–Kier alpha value is -3.15. The van der Waals surface area contributed by atoms with Crippen molar-refractivity contribution < 1.29 is 9.53 Å². The molecule has 0 saturated heterocycles. The molecule has 0 unspecified atom stereocenters. The van der Waals surface area contributed by atoms with Gasteiger partial charge in [0.2, 0.25) is 0 Å². The molecule has 2 aromatic carbocycles. The summed E-state index contributed by atoms with van der Waals surface area (Å²) in [6, 6.07) is 15.0. The van der Waals surface area contributed by atoms with E-state index in [0.29, 0.717) is 30.6 Å². The lowest BCUT2D eigenvalue weighted by Gasteiger charge is -2.10. The standard InChI is InChI=1S/C20H21N3O3/c1-14-8-3-6-11-17(14)26-13-7-12-21-19(24)18-20(25)23(2)16-10-5-4-9-15(16)22-18/h3-6,8-11H,7,12-13H2,1-2H3,(H,21,24). The van der Waals surface area contributed by atoms with Crippen LogP contribution in [0.4, 0.5) is 0 Å². The van der Waals surface area contributed by atoms with Gasteiger partial charge in [0.15, 0.2) is 5.69 Å².